The third kappa shape index (κ3) is 3.56. The van der Waals surface area contributed by atoms with Crippen LogP contribution in [0.15, 0.2) is 29.3 Å². The molecule has 3 rings (SSSR count). The second-order valence-electron chi connectivity index (χ2n) is 7.10. The van der Waals surface area contributed by atoms with E-state index in [1.165, 1.54) is 6.07 Å². The van der Waals surface area contributed by atoms with Crippen molar-refractivity contribution in [1.82, 2.24) is 10.6 Å². The van der Waals surface area contributed by atoms with E-state index in [-0.39, 0.29) is 17.2 Å². The minimum absolute atomic E-state index is 0.0372. The minimum atomic E-state index is -2.84. The number of benzene rings is 1. The molecule has 1 saturated carbocycles. The van der Waals surface area contributed by atoms with Crippen molar-refractivity contribution in [3.05, 3.63) is 29.8 Å². The Morgan fingerprint density at radius 2 is 2.16 bits per heavy atom. The van der Waals surface area contributed by atoms with Gasteiger partial charge in [-0.2, -0.15) is 8.78 Å². The van der Waals surface area contributed by atoms with E-state index < -0.39 is 6.61 Å². The zero-order valence-electron chi connectivity index (χ0n) is 14.8. The number of ether oxygens (including phenoxy) is 2. The highest BCUT2D eigenvalue weighted by Crippen LogP contribution is 2.52. The van der Waals surface area contributed by atoms with Gasteiger partial charge in [-0.15, -0.1) is 0 Å². The molecule has 0 radical (unpaired) electrons. The molecule has 138 valence electrons. The Hall–Kier alpha value is -1.89. The zero-order chi connectivity index (χ0) is 18.0. The van der Waals surface area contributed by atoms with Gasteiger partial charge in [0, 0.05) is 43.1 Å². The molecule has 1 heterocycles. The molecule has 7 heteroatoms. The van der Waals surface area contributed by atoms with Gasteiger partial charge in [-0.25, -0.2) is 0 Å². The smallest absolute Gasteiger partial charge is 0.387 e. The van der Waals surface area contributed by atoms with Crippen LogP contribution in [0.2, 0.25) is 0 Å². The molecule has 1 aromatic carbocycles. The molecule has 2 fully saturated rings. The molecule has 25 heavy (non-hydrogen) atoms. The van der Waals surface area contributed by atoms with Crippen LogP contribution in [-0.4, -0.2) is 38.4 Å². The number of nitrogens with zero attached hydrogens (tertiary/aromatic N) is 1. The van der Waals surface area contributed by atoms with Crippen LogP contribution in [-0.2, 0) is 11.3 Å². The van der Waals surface area contributed by atoms with Crippen LogP contribution in [0.4, 0.5) is 8.78 Å². The highest BCUT2D eigenvalue weighted by Gasteiger charge is 2.59. The number of aliphatic imine (C=N–C) groups is 1. The van der Waals surface area contributed by atoms with E-state index in [2.05, 4.69) is 34.2 Å². The Labute approximate surface area is 146 Å². The van der Waals surface area contributed by atoms with Gasteiger partial charge in [0.25, 0.3) is 0 Å². The average Bonchev–Trinajstić information content (AvgIpc) is 3.03. The van der Waals surface area contributed by atoms with Crippen LogP contribution in [0.25, 0.3) is 0 Å². The van der Waals surface area contributed by atoms with Gasteiger partial charge in [0.05, 0.1) is 6.10 Å². The maximum Gasteiger partial charge on any atom is 0.387 e. The van der Waals surface area contributed by atoms with Gasteiger partial charge in [0.2, 0.25) is 0 Å². The van der Waals surface area contributed by atoms with E-state index in [0.29, 0.717) is 30.1 Å². The van der Waals surface area contributed by atoms with E-state index in [4.69, 9.17) is 4.74 Å². The lowest BCUT2D eigenvalue weighted by molar-refractivity contribution is -0.106. The molecule has 0 amide bonds. The molecule has 1 aromatic rings. The van der Waals surface area contributed by atoms with Crippen LogP contribution in [0.3, 0.4) is 0 Å². The van der Waals surface area contributed by atoms with Crippen molar-refractivity contribution in [2.75, 3.05) is 13.7 Å². The Kier molecular flexibility index (Phi) is 5.13. The second kappa shape index (κ2) is 7.15. The first-order valence-corrected chi connectivity index (χ1v) is 8.55. The van der Waals surface area contributed by atoms with Gasteiger partial charge < -0.3 is 20.1 Å². The maximum absolute atomic E-state index is 12.5. The van der Waals surface area contributed by atoms with E-state index in [1.54, 1.807) is 25.2 Å². The van der Waals surface area contributed by atoms with Gasteiger partial charge in [0.1, 0.15) is 5.75 Å². The third-order valence-electron chi connectivity index (χ3n) is 5.25. The molecular formula is C18H25F2N3O2. The monoisotopic (exact) mass is 353 g/mol. The average molecular weight is 353 g/mol. The van der Waals surface area contributed by atoms with Crippen LogP contribution in [0, 0.1) is 11.3 Å². The van der Waals surface area contributed by atoms with Crippen molar-refractivity contribution < 1.29 is 18.3 Å². The van der Waals surface area contributed by atoms with Crippen molar-refractivity contribution in [1.29, 1.82) is 0 Å². The number of nitrogens with one attached hydrogen (secondary N) is 2. The van der Waals surface area contributed by atoms with Crippen molar-refractivity contribution in [2.45, 2.75) is 45.6 Å². The van der Waals surface area contributed by atoms with E-state index in [0.717, 1.165) is 13.0 Å². The summed E-state index contributed by atoms with van der Waals surface area (Å²) in [7, 11) is 1.70. The lowest BCUT2D eigenvalue weighted by Crippen LogP contribution is -2.67. The zero-order valence-corrected chi connectivity index (χ0v) is 14.8. The normalized spacial score (nSPS) is 27.6. The lowest BCUT2D eigenvalue weighted by Gasteiger charge is -2.54. The van der Waals surface area contributed by atoms with E-state index in [1.807, 2.05) is 0 Å². The summed E-state index contributed by atoms with van der Waals surface area (Å²) in [5, 5.41) is 6.65. The SMILES string of the molecule is CN=C(NCc1ccccc1OC(F)F)NC1C2CCOC2C1(C)C. The number of hydrogen-bond donors (Lipinski definition) is 2. The predicted molar refractivity (Wildman–Crippen MR) is 91.8 cm³/mol. The molecule has 3 atom stereocenters. The summed E-state index contributed by atoms with van der Waals surface area (Å²) in [4.78, 5) is 4.26. The molecular weight excluding hydrogens is 328 g/mol. The molecule has 2 aliphatic rings. The first-order chi connectivity index (χ1) is 11.9. The molecule has 1 saturated heterocycles. The third-order valence-corrected chi connectivity index (χ3v) is 5.25. The number of hydrogen-bond acceptors (Lipinski definition) is 3. The Balaban J connectivity index is 1.61. The molecule has 0 bridgehead atoms. The Morgan fingerprint density at radius 1 is 1.40 bits per heavy atom. The van der Waals surface area contributed by atoms with Gasteiger partial charge in [-0.1, -0.05) is 32.0 Å². The summed E-state index contributed by atoms with van der Waals surface area (Å²) in [6.07, 6.45) is 1.34. The highest BCUT2D eigenvalue weighted by molar-refractivity contribution is 5.80. The van der Waals surface area contributed by atoms with Crippen molar-refractivity contribution in [3.8, 4) is 5.75 Å². The minimum Gasteiger partial charge on any atom is -0.434 e. The molecule has 1 aliphatic carbocycles. The summed E-state index contributed by atoms with van der Waals surface area (Å²) in [6.45, 7) is 2.70. The van der Waals surface area contributed by atoms with Gasteiger partial charge >= 0.3 is 6.61 Å². The van der Waals surface area contributed by atoms with Gasteiger partial charge in [-0.3, -0.25) is 4.99 Å². The topological polar surface area (TPSA) is 54.9 Å². The van der Waals surface area contributed by atoms with E-state index in [9.17, 15) is 8.78 Å². The Morgan fingerprint density at radius 3 is 2.88 bits per heavy atom. The largest absolute Gasteiger partial charge is 0.434 e. The molecule has 0 spiro atoms. The molecule has 3 unspecified atom stereocenters. The molecule has 2 N–H and O–H groups in total. The van der Waals surface area contributed by atoms with Crippen LogP contribution >= 0.6 is 0 Å². The van der Waals surface area contributed by atoms with Crippen molar-refractivity contribution in [2.24, 2.45) is 16.3 Å². The predicted octanol–water partition coefficient (Wildman–Crippen LogP) is 2.77. The highest BCUT2D eigenvalue weighted by atomic mass is 19.3. The first kappa shape index (κ1) is 17.9. The standard InChI is InChI=1S/C18H25F2N3O2/c1-18(2)14(12-8-9-24-15(12)18)23-17(21-3)22-10-11-6-4-5-7-13(11)25-16(19)20/h4-7,12,14-16H,8-10H2,1-3H3,(H2,21,22,23). The van der Waals surface area contributed by atoms with Crippen molar-refractivity contribution in [3.63, 3.8) is 0 Å². The first-order valence-electron chi connectivity index (χ1n) is 8.55. The fourth-order valence-corrected chi connectivity index (χ4v) is 4.00. The molecule has 5 nitrogen and oxygen atoms in total. The summed E-state index contributed by atoms with van der Waals surface area (Å²) in [6, 6.07) is 7.03. The van der Waals surface area contributed by atoms with Crippen LogP contribution in [0.1, 0.15) is 25.8 Å². The summed E-state index contributed by atoms with van der Waals surface area (Å²) in [5.74, 6) is 1.31. The maximum atomic E-state index is 12.5. The summed E-state index contributed by atoms with van der Waals surface area (Å²) >= 11 is 0. The van der Waals surface area contributed by atoms with Crippen LogP contribution < -0.4 is 15.4 Å². The fraction of sp³-hybridized carbons (Fsp3) is 0.611. The van der Waals surface area contributed by atoms with E-state index >= 15 is 0 Å². The fourth-order valence-electron chi connectivity index (χ4n) is 4.00. The molecule has 0 aromatic heterocycles. The van der Waals surface area contributed by atoms with Gasteiger partial charge in [-0.05, 0) is 12.5 Å². The number of halogens is 2. The van der Waals surface area contributed by atoms with Crippen molar-refractivity contribution >= 4 is 5.96 Å². The Bertz CT molecular complexity index is 637. The lowest BCUT2D eigenvalue weighted by atomic mass is 9.57. The summed E-state index contributed by atoms with van der Waals surface area (Å²) < 4.78 is 35.4. The van der Waals surface area contributed by atoms with Crippen LogP contribution in [0.5, 0.6) is 5.75 Å². The number of alkyl halides is 2. The number of rotatable bonds is 5. The van der Waals surface area contributed by atoms with Gasteiger partial charge in [0.15, 0.2) is 5.96 Å². The number of para-hydroxylation sites is 1. The number of fused-ring (bicyclic) bond motifs is 1. The summed E-state index contributed by atoms with van der Waals surface area (Å²) in [5.41, 5.74) is 0.691. The quantitative estimate of drug-likeness (QED) is 0.631. The molecule has 1 aliphatic heterocycles. The second-order valence-corrected chi connectivity index (χ2v) is 7.10. The number of guanidine groups is 1.